The minimum atomic E-state index is -4.39. The molecule has 76 valence electrons. The van der Waals surface area contributed by atoms with Gasteiger partial charge in [-0.05, 0) is 28.1 Å². The molecule has 0 unspecified atom stereocenters. The molecular weight excluding hydrogens is 265 g/mol. The fraction of sp³-hybridized carbons (Fsp3) is 0.250. The van der Waals surface area contributed by atoms with E-state index in [-0.39, 0.29) is 17.0 Å². The van der Waals surface area contributed by atoms with Crippen LogP contribution in [0.5, 0.6) is 11.5 Å². The Morgan fingerprint density at radius 1 is 1.21 bits per heavy atom. The van der Waals surface area contributed by atoms with Gasteiger partial charge in [0, 0.05) is 0 Å². The van der Waals surface area contributed by atoms with Crippen LogP contribution in [0.25, 0.3) is 0 Å². The van der Waals surface area contributed by atoms with E-state index in [0.717, 1.165) is 6.07 Å². The van der Waals surface area contributed by atoms with Crippen molar-refractivity contribution in [2.75, 3.05) is 6.79 Å². The van der Waals surface area contributed by atoms with Crippen LogP contribution in [-0.4, -0.2) is 6.79 Å². The van der Waals surface area contributed by atoms with Gasteiger partial charge in [-0.15, -0.1) is 0 Å². The normalized spacial score (nSPS) is 14.6. The zero-order valence-corrected chi connectivity index (χ0v) is 8.28. The van der Waals surface area contributed by atoms with Crippen molar-refractivity contribution in [3.8, 4) is 11.5 Å². The molecule has 6 heteroatoms. The monoisotopic (exact) mass is 268 g/mol. The number of hydrogen-bond donors (Lipinski definition) is 0. The highest BCUT2D eigenvalue weighted by Crippen LogP contribution is 2.45. The van der Waals surface area contributed by atoms with E-state index in [4.69, 9.17) is 9.47 Å². The number of halogens is 4. The van der Waals surface area contributed by atoms with Crippen molar-refractivity contribution in [3.63, 3.8) is 0 Å². The molecule has 0 radical (unpaired) electrons. The molecule has 2 rings (SSSR count). The van der Waals surface area contributed by atoms with Gasteiger partial charge >= 0.3 is 6.18 Å². The van der Waals surface area contributed by atoms with Gasteiger partial charge in [-0.1, -0.05) is 0 Å². The summed E-state index contributed by atoms with van der Waals surface area (Å²) in [5.74, 6) is 0.435. The lowest BCUT2D eigenvalue weighted by Gasteiger charge is -2.10. The van der Waals surface area contributed by atoms with Crippen LogP contribution in [0, 0.1) is 0 Å². The maximum Gasteiger partial charge on any atom is 0.417 e. The summed E-state index contributed by atoms with van der Waals surface area (Å²) in [7, 11) is 0. The summed E-state index contributed by atoms with van der Waals surface area (Å²) in [6.07, 6.45) is -4.39. The van der Waals surface area contributed by atoms with Crippen LogP contribution >= 0.6 is 15.9 Å². The molecular formula is C8H4BrF3O2. The molecule has 1 heterocycles. The molecule has 0 aromatic heterocycles. The first-order valence-corrected chi connectivity index (χ1v) is 4.45. The Bertz CT molecular complexity index is 376. The molecule has 2 nitrogen and oxygen atoms in total. The largest absolute Gasteiger partial charge is 0.454 e. The molecule has 0 saturated heterocycles. The molecule has 0 N–H and O–H groups in total. The predicted octanol–water partition coefficient (Wildman–Crippen LogP) is 3.20. The van der Waals surface area contributed by atoms with Crippen LogP contribution in [0.4, 0.5) is 13.2 Å². The van der Waals surface area contributed by atoms with E-state index in [9.17, 15) is 13.2 Å². The summed E-state index contributed by atoms with van der Waals surface area (Å²) >= 11 is 2.84. The second-order valence-electron chi connectivity index (χ2n) is 2.66. The first-order valence-electron chi connectivity index (χ1n) is 3.65. The van der Waals surface area contributed by atoms with Gasteiger partial charge in [0.1, 0.15) is 0 Å². The Morgan fingerprint density at radius 2 is 1.93 bits per heavy atom. The highest BCUT2D eigenvalue weighted by Gasteiger charge is 2.36. The van der Waals surface area contributed by atoms with Crippen LogP contribution in [0.2, 0.25) is 0 Å². The van der Waals surface area contributed by atoms with Crippen LogP contribution in [-0.2, 0) is 6.18 Å². The van der Waals surface area contributed by atoms with Gasteiger partial charge in [0.05, 0.1) is 10.0 Å². The minimum absolute atomic E-state index is 0.0464. The van der Waals surface area contributed by atoms with Crippen LogP contribution < -0.4 is 9.47 Å². The molecule has 14 heavy (non-hydrogen) atoms. The van der Waals surface area contributed by atoms with Gasteiger partial charge in [0.15, 0.2) is 11.5 Å². The number of rotatable bonds is 0. The molecule has 0 aliphatic carbocycles. The average molecular weight is 269 g/mol. The van der Waals surface area contributed by atoms with Crippen molar-refractivity contribution in [2.24, 2.45) is 0 Å². The molecule has 1 aliphatic heterocycles. The molecule has 0 amide bonds. The van der Waals surface area contributed by atoms with E-state index in [0.29, 0.717) is 5.75 Å². The standard InChI is InChI=1S/C8H4BrF3O2/c9-6-4(8(10,11)12)1-2-5-7(6)14-3-13-5/h1-2H,3H2. The number of alkyl halides is 3. The van der Waals surface area contributed by atoms with Gasteiger partial charge in [0.2, 0.25) is 6.79 Å². The Morgan fingerprint density at radius 3 is 2.57 bits per heavy atom. The van der Waals surface area contributed by atoms with Gasteiger partial charge in [0.25, 0.3) is 0 Å². The number of benzene rings is 1. The fourth-order valence-corrected chi connectivity index (χ4v) is 1.82. The molecule has 1 aliphatic rings. The van der Waals surface area contributed by atoms with E-state index in [1.807, 2.05) is 0 Å². The summed E-state index contributed by atoms with van der Waals surface area (Å²) in [5, 5.41) is 0. The fourth-order valence-electron chi connectivity index (χ4n) is 1.16. The lowest BCUT2D eigenvalue weighted by atomic mass is 10.2. The Balaban J connectivity index is 2.56. The summed E-state index contributed by atoms with van der Waals surface area (Å²) in [5.41, 5.74) is -0.762. The Hall–Kier alpha value is -0.910. The molecule has 1 aromatic rings. The Kier molecular flexibility index (Phi) is 2.10. The lowest BCUT2D eigenvalue weighted by Crippen LogP contribution is -2.05. The second kappa shape index (κ2) is 3.05. The van der Waals surface area contributed by atoms with Gasteiger partial charge in [-0.25, -0.2) is 0 Å². The first kappa shape index (κ1) is 9.64. The summed E-state index contributed by atoms with van der Waals surface area (Å²) in [4.78, 5) is 0. The van der Waals surface area contributed by atoms with Crippen molar-refractivity contribution in [2.45, 2.75) is 6.18 Å². The molecule has 0 bridgehead atoms. The maximum absolute atomic E-state index is 12.4. The molecule has 0 atom stereocenters. The van der Waals surface area contributed by atoms with Gasteiger partial charge in [-0.3, -0.25) is 0 Å². The van der Waals surface area contributed by atoms with E-state index >= 15 is 0 Å². The van der Waals surface area contributed by atoms with Gasteiger partial charge < -0.3 is 9.47 Å². The SMILES string of the molecule is FC(F)(F)c1ccc2c(c1Br)OCO2. The number of hydrogen-bond acceptors (Lipinski definition) is 2. The third-order valence-corrected chi connectivity index (χ3v) is 2.57. The smallest absolute Gasteiger partial charge is 0.417 e. The summed E-state index contributed by atoms with van der Waals surface area (Å²) < 4.78 is 46.9. The summed E-state index contributed by atoms with van der Waals surface area (Å²) in [6, 6.07) is 2.20. The Labute approximate surface area is 85.7 Å². The van der Waals surface area contributed by atoms with Crippen molar-refractivity contribution < 1.29 is 22.6 Å². The maximum atomic E-state index is 12.4. The second-order valence-corrected chi connectivity index (χ2v) is 3.45. The zero-order valence-electron chi connectivity index (χ0n) is 6.69. The van der Waals surface area contributed by atoms with Crippen molar-refractivity contribution in [1.29, 1.82) is 0 Å². The third kappa shape index (κ3) is 1.43. The van der Waals surface area contributed by atoms with E-state index in [2.05, 4.69) is 15.9 Å². The first-order chi connectivity index (χ1) is 6.50. The summed E-state index contributed by atoms with van der Waals surface area (Å²) in [6.45, 7) is -0.0464. The third-order valence-electron chi connectivity index (χ3n) is 1.78. The van der Waals surface area contributed by atoms with Crippen molar-refractivity contribution in [3.05, 3.63) is 22.2 Å². The van der Waals surface area contributed by atoms with E-state index in [1.54, 1.807) is 0 Å². The number of ether oxygens (including phenoxy) is 2. The van der Waals surface area contributed by atoms with Crippen LogP contribution in [0.3, 0.4) is 0 Å². The minimum Gasteiger partial charge on any atom is -0.454 e. The van der Waals surface area contributed by atoms with Crippen molar-refractivity contribution >= 4 is 15.9 Å². The van der Waals surface area contributed by atoms with Crippen molar-refractivity contribution in [1.82, 2.24) is 0 Å². The van der Waals surface area contributed by atoms with E-state index in [1.165, 1.54) is 6.07 Å². The molecule has 0 fully saturated rings. The zero-order chi connectivity index (χ0) is 10.3. The highest BCUT2D eigenvalue weighted by atomic mass is 79.9. The average Bonchev–Trinajstić information content (AvgIpc) is 2.50. The molecule has 0 spiro atoms. The van der Waals surface area contributed by atoms with Gasteiger partial charge in [-0.2, -0.15) is 13.2 Å². The van der Waals surface area contributed by atoms with E-state index < -0.39 is 11.7 Å². The predicted molar refractivity (Wildman–Crippen MR) is 45.3 cm³/mol. The number of fused-ring (bicyclic) bond motifs is 1. The highest BCUT2D eigenvalue weighted by molar-refractivity contribution is 9.10. The quantitative estimate of drug-likeness (QED) is 0.720. The topological polar surface area (TPSA) is 18.5 Å². The molecule has 1 aromatic carbocycles. The van der Waals surface area contributed by atoms with Crippen LogP contribution in [0.1, 0.15) is 5.56 Å². The van der Waals surface area contributed by atoms with Crippen LogP contribution in [0.15, 0.2) is 16.6 Å². The lowest BCUT2D eigenvalue weighted by molar-refractivity contribution is -0.138. The molecule has 0 saturated carbocycles.